The predicted octanol–water partition coefficient (Wildman–Crippen LogP) is 1.01. The van der Waals surface area contributed by atoms with Crippen molar-refractivity contribution in [3.05, 3.63) is 38.4 Å². The summed E-state index contributed by atoms with van der Waals surface area (Å²) in [5.41, 5.74) is 4.79. The molecule has 230 valence electrons. The van der Waals surface area contributed by atoms with Crippen molar-refractivity contribution in [1.29, 1.82) is 0 Å². The average molecular weight is 579 g/mol. The number of anilines is 1. The number of nitrogens with one attached hydrogen (secondary N) is 1. The topological polar surface area (TPSA) is 198 Å². The van der Waals surface area contributed by atoms with Gasteiger partial charge in [-0.3, -0.25) is 20.2 Å². The van der Waals surface area contributed by atoms with Crippen molar-refractivity contribution >= 4 is 17.1 Å². The van der Waals surface area contributed by atoms with Crippen LogP contribution in [0.2, 0.25) is 0 Å². The fourth-order valence-electron chi connectivity index (χ4n) is 2.92. The van der Waals surface area contributed by atoms with Crippen molar-refractivity contribution in [1.82, 2.24) is 0 Å². The summed E-state index contributed by atoms with van der Waals surface area (Å²) in [6.07, 6.45) is 0. The number of non-ortho nitro benzene ring substituents is 1. The van der Waals surface area contributed by atoms with E-state index in [0.717, 1.165) is 6.07 Å². The SMILES string of the molecule is NCCOCCOCCOCCOCCOCCOCCOCCOCCNc1ccc([N+](=O)[O-])cc1[N+](=O)[O-]. The maximum absolute atomic E-state index is 11.1. The molecule has 1 aromatic carbocycles. The summed E-state index contributed by atoms with van der Waals surface area (Å²) >= 11 is 0. The lowest BCUT2D eigenvalue weighted by atomic mass is 10.2. The van der Waals surface area contributed by atoms with E-state index >= 15 is 0 Å². The van der Waals surface area contributed by atoms with Gasteiger partial charge in [-0.2, -0.15) is 0 Å². The van der Waals surface area contributed by atoms with E-state index in [2.05, 4.69) is 5.32 Å². The van der Waals surface area contributed by atoms with Crippen LogP contribution < -0.4 is 11.1 Å². The molecule has 0 saturated heterocycles. The van der Waals surface area contributed by atoms with E-state index in [1.54, 1.807) is 0 Å². The van der Waals surface area contributed by atoms with Crippen LogP contribution in [0.1, 0.15) is 0 Å². The van der Waals surface area contributed by atoms with Crippen LogP contribution in [0.15, 0.2) is 18.2 Å². The fourth-order valence-corrected chi connectivity index (χ4v) is 2.92. The van der Waals surface area contributed by atoms with Gasteiger partial charge in [-0.1, -0.05) is 0 Å². The lowest BCUT2D eigenvalue weighted by Gasteiger charge is -2.09. The summed E-state index contributed by atoms with van der Waals surface area (Å²) in [7, 11) is 0. The van der Waals surface area contributed by atoms with Gasteiger partial charge in [0.15, 0.2) is 0 Å². The molecule has 16 nitrogen and oxygen atoms in total. The predicted molar refractivity (Wildman–Crippen MR) is 144 cm³/mol. The Morgan fingerprint density at radius 2 is 0.950 bits per heavy atom. The minimum atomic E-state index is -0.681. The molecule has 0 spiro atoms. The zero-order valence-electron chi connectivity index (χ0n) is 22.8. The molecule has 3 N–H and O–H groups in total. The number of benzene rings is 1. The van der Waals surface area contributed by atoms with Crippen LogP contribution in [0.5, 0.6) is 0 Å². The summed E-state index contributed by atoms with van der Waals surface area (Å²) in [5, 5.41) is 24.7. The third-order valence-electron chi connectivity index (χ3n) is 4.82. The summed E-state index contributed by atoms with van der Waals surface area (Å²) in [6.45, 7) is 8.06. The molecule has 0 radical (unpaired) electrons. The van der Waals surface area contributed by atoms with Crippen molar-refractivity contribution in [2.75, 3.05) is 124 Å². The second-order valence-electron chi connectivity index (χ2n) is 7.83. The number of hydrogen-bond acceptors (Lipinski definition) is 14. The van der Waals surface area contributed by atoms with E-state index in [9.17, 15) is 20.2 Å². The maximum Gasteiger partial charge on any atom is 0.299 e. The molecule has 16 heteroatoms. The van der Waals surface area contributed by atoms with Gasteiger partial charge in [0, 0.05) is 19.2 Å². The van der Waals surface area contributed by atoms with Gasteiger partial charge in [-0.05, 0) is 6.07 Å². The Kier molecular flexibility index (Phi) is 22.6. The highest BCUT2D eigenvalue weighted by molar-refractivity contribution is 5.65. The molecular weight excluding hydrogens is 536 g/mol. The van der Waals surface area contributed by atoms with E-state index < -0.39 is 9.85 Å². The first-order chi connectivity index (χ1) is 19.6. The van der Waals surface area contributed by atoms with Gasteiger partial charge < -0.3 is 48.9 Å². The Labute approximate surface area is 233 Å². The van der Waals surface area contributed by atoms with Gasteiger partial charge in [0.25, 0.3) is 11.4 Å². The zero-order chi connectivity index (χ0) is 29.1. The summed E-state index contributed by atoms with van der Waals surface area (Å²) in [4.78, 5) is 20.5. The van der Waals surface area contributed by atoms with Crippen LogP contribution in [-0.4, -0.2) is 129 Å². The van der Waals surface area contributed by atoms with Crippen molar-refractivity contribution < 1.29 is 47.7 Å². The fraction of sp³-hybridized carbons (Fsp3) is 0.750. The molecule has 0 unspecified atom stereocenters. The van der Waals surface area contributed by atoms with Gasteiger partial charge in [-0.15, -0.1) is 0 Å². The molecule has 0 aliphatic heterocycles. The Morgan fingerprint density at radius 3 is 1.30 bits per heavy atom. The van der Waals surface area contributed by atoms with Gasteiger partial charge in [0.1, 0.15) is 5.69 Å². The second-order valence-corrected chi connectivity index (χ2v) is 7.83. The molecule has 0 aromatic heterocycles. The monoisotopic (exact) mass is 578 g/mol. The van der Waals surface area contributed by atoms with Gasteiger partial charge in [0.05, 0.1) is 122 Å². The first-order valence-corrected chi connectivity index (χ1v) is 13.0. The van der Waals surface area contributed by atoms with Crippen LogP contribution in [-0.2, 0) is 37.9 Å². The van der Waals surface area contributed by atoms with Crippen LogP contribution in [0.25, 0.3) is 0 Å². The first kappa shape index (κ1) is 35.5. The largest absolute Gasteiger partial charge is 0.378 e. The summed E-state index contributed by atoms with van der Waals surface area (Å²) in [5.74, 6) is 0. The molecule has 0 heterocycles. The minimum absolute atomic E-state index is 0.188. The number of nitro benzene ring substituents is 2. The van der Waals surface area contributed by atoms with Crippen molar-refractivity contribution in [2.45, 2.75) is 0 Å². The number of nitrogens with zero attached hydrogens (tertiary/aromatic N) is 2. The smallest absolute Gasteiger partial charge is 0.299 e. The van der Waals surface area contributed by atoms with Crippen LogP contribution in [0.4, 0.5) is 17.1 Å². The van der Waals surface area contributed by atoms with E-state index in [1.165, 1.54) is 12.1 Å². The highest BCUT2D eigenvalue weighted by Gasteiger charge is 2.18. The van der Waals surface area contributed by atoms with Crippen LogP contribution in [0.3, 0.4) is 0 Å². The number of rotatable bonds is 29. The average Bonchev–Trinajstić information content (AvgIpc) is 2.94. The van der Waals surface area contributed by atoms with E-state index in [0.29, 0.717) is 112 Å². The number of nitrogens with two attached hydrogens (primary N) is 1. The quantitative estimate of drug-likeness (QED) is 0.0775. The third-order valence-corrected chi connectivity index (χ3v) is 4.82. The number of nitro groups is 2. The third kappa shape index (κ3) is 19.5. The first-order valence-electron chi connectivity index (χ1n) is 13.0. The molecule has 0 bridgehead atoms. The molecule has 0 aliphatic carbocycles. The standard InChI is InChI=1S/C24H42N4O12/c25-3-5-33-7-9-35-11-13-37-15-17-39-19-20-40-18-16-38-14-12-36-10-8-34-6-4-26-23-2-1-22(27(29)30)21-24(23)28(31)32/h1-2,21,26H,3-20,25H2. The molecule has 0 fully saturated rings. The summed E-state index contributed by atoms with van der Waals surface area (Å²) in [6, 6.07) is 3.43. The van der Waals surface area contributed by atoms with Crippen molar-refractivity contribution in [2.24, 2.45) is 5.73 Å². The molecule has 0 amide bonds. The summed E-state index contributed by atoms with van der Waals surface area (Å²) < 4.78 is 43.0. The normalized spacial score (nSPS) is 11.1. The molecular formula is C24H42N4O12. The van der Waals surface area contributed by atoms with Crippen molar-refractivity contribution in [3.8, 4) is 0 Å². The molecule has 1 rings (SSSR count). The molecule has 1 aromatic rings. The Bertz CT molecular complexity index is 790. The molecule has 0 aliphatic rings. The highest BCUT2D eigenvalue weighted by Crippen LogP contribution is 2.28. The molecule has 40 heavy (non-hydrogen) atoms. The lowest BCUT2D eigenvalue weighted by molar-refractivity contribution is -0.393. The van der Waals surface area contributed by atoms with E-state index in [-0.39, 0.29) is 23.7 Å². The van der Waals surface area contributed by atoms with E-state index in [4.69, 9.17) is 43.6 Å². The van der Waals surface area contributed by atoms with Gasteiger partial charge in [0.2, 0.25) is 0 Å². The van der Waals surface area contributed by atoms with Crippen LogP contribution in [0, 0.1) is 20.2 Å². The minimum Gasteiger partial charge on any atom is -0.378 e. The van der Waals surface area contributed by atoms with Crippen LogP contribution >= 0.6 is 0 Å². The van der Waals surface area contributed by atoms with E-state index in [1.807, 2.05) is 0 Å². The highest BCUT2D eigenvalue weighted by atomic mass is 16.6. The van der Waals surface area contributed by atoms with Crippen molar-refractivity contribution in [3.63, 3.8) is 0 Å². The molecule has 0 saturated carbocycles. The van der Waals surface area contributed by atoms with Gasteiger partial charge in [-0.25, -0.2) is 0 Å². The molecule has 0 atom stereocenters. The lowest BCUT2D eigenvalue weighted by Crippen LogP contribution is -2.16. The Balaban J connectivity index is 1.80. The second kappa shape index (κ2) is 25.4. The number of ether oxygens (including phenoxy) is 8. The Morgan fingerprint density at radius 1 is 0.575 bits per heavy atom. The Hall–Kier alpha value is -2.54. The number of hydrogen-bond donors (Lipinski definition) is 2. The van der Waals surface area contributed by atoms with Gasteiger partial charge >= 0.3 is 0 Å². The maximum atomic E-state index is 11.1. The zero-order valence-corrected chi connectivity index (χ0v) is 22.8.